The Morgan fingerprint density at radius 1 is 1.26 bits per heavy atom. The average molecular weight is 462 g/mol. The van der Waals surface area contributed by atoms with Crippen molar-refractivity contribution in [3.8, 4) is 11.5 Å². The van der Waals surface area contributed by atoms with Gasteiger partial charge in [-0.1, -0.05) is 70.8 Å². The molecular formula is C20H16BrNO3S2. The van der Waals surface area contributed by atoms with E-state index in [1.54, 1.807) is 24.2 Å². The summed E-state index contributed by atoms with van der Waals surface area (Å²) in [5.41, 5.74) is 1.56. The molecule has 1 fully saturated rings. The molecule has 4 nitrogen and oxygen atoms in total. The van der Waals surface area contributed by atoms with Crippen molar-refractivity contribution in [1.29, 1.82) is 0 Å². The molecule has 0 aliphatic carbocycles. The highest BCUT2D eigenvalue weighted by Gasteiger charge is 2.33. The van der Waals surface area contributed by atoms with E-state index in [9.17, 15) is 4.79 Å². The van der Waals surface area contributed by atoms with Crippen LogP contribution in [0.5, 0.6) is 11.5 Å². The predicted octanol–water partition coefficient (Wildman–Crippen LogP) is 5.43. The van der Waals surface area contributed by atoms with Crippen LogP contribution in [0.25, 0.3) is 6.08 Å². The normalized spacial score (nSPS) is 15.3. The van der Waals surface area contributed by atoms with Crippen molar-refractivity contribution >= 4 is 61.9 Å². The van der Waals surface area contributed by atoms with Crippen LogP contribution in [-0.2, 0) is 4.79 Å². The maximum Gasteiger partial charge on any atom is 0.270 e. The minimum absolute atomic E-state index is 0.144. The topological polar surface area (TPSA) is 38.8 Å². The lowest BCUT2D eigenvalue weighted by Gasteiger charge is -2.14. The molecule has 1 saturated heterocycles. The third kappa shape index (κ3) is 4.26. The van der Waals surface area contributed by atoms with Gasteiger partial charge in [0.15, 0.2) is 15.8 Å². The molecule has 0 unspecified atom stereocenters. The lowest BCUT2D eigenvalue weighted by Crippen LogP contribution is -2.27. The molecule has 1 amide bonds. The molecule has 0 atom stereocenters. The zero-order valence-electron chi connectivity index (χ0n) is 14.5. The Balaban J connectivity index is 1.94. The van der Waals surface area contributed by atoms with Crippen LogP contribution in [0.15, 0.2) is 64.5 Å². The molecule has 3 rings (SSSR count). The quantitative estimate of drug-likeness (QED) is 0.325. The van der Waals surface area contributed by atoms with Crippen LogP contribution in [0, 0.1) is 0 Å². The lowest BCUT2D eigenvalue weighted by atomic mass is 10.1. The number of benzene rings is 2. The van der Waals surface area contributed by atoms with Gasteiger partial charge in [0.25, 0.3) is 5.91 Å². The molecule has 1 aliphatic heterocycles. The zero-order valence-corrected chi connectivity index (χ0v) is 17.7. The van der Waals surface area contributed by atoms with E-state index in [2.05, 4.69) is 22.5 Å². The van der Waals surface area contributed by atoms with E-state index in [1.807, 2.05) is 42.5 Å². The van der Waals surface area contributed by atoms with Crippen LogP contribution < -0.4 is 14.4 Å². The second-order valence-electron chi connectivity index (χ2n) is 5.48. The summed E-state index contributed by atoms with van der Waals surface area (Å²) >= 11 is 10.2. The maximum absolute atomic E-state index is 12.9. The first kappa shape index (κ1) is 19.7. The molecule has 2 aromatic rings. The van der Waals surface area contributed by atoms with Gasteiger partial charge in [0.1, 0.15) is 6.61 Å². The number of carbonyl (C=O) groups excluding carboxylic acids is 1. The highest BCUT2D eigenvalue weighted by atomic mass is 79.9. The van der Waals surface area contributed by atoms with Crippen LogP contribution in [0.2, 0.25) is 0 Å². The number of halogens is 1. The smallest absolute Gasteiger partial charge is 0.270 e. The highest BCUT2D eigenvalue weighted by Crippen LogP contribution is 2.39. The molecule has 0 N–H and O–H groups in total. The fourth-order valence-electron chi connectivity index (χ4n) is 2.49. The predicted molar refractivity (Wildman–Crippen MR) is 118 cm³/mol. The fourth-order valence-corrected chi connectivity index (χ4v) is 4.22. The number of anilines is 1. The average Bonchev–Trinajstić information content (AvgIpc) is 2.95. The van der Waals surface area contributed by atoms with Gasteiger partial charge in [-0.05, 0) is 35.9 Å². The summed E-state index contributed by atoms with van der Waals surface area (Å²) in [6.07, 6.45) is 3.46. The molecular weight excluding hydrogens is 446 g/mol. The van der Waals surface area contributed by atoms with Gasteiger partial charge in [0.05, 0.1) is 17.7 Å². The minimum Gasteiger partial charge on any atom is -0.493 e. The molecule has 7 heteroatoms. The fraction of sp³-hybridized carbons (Fsp3) is 0.100. The number of amides is 1. The Morgan fingerprint density at radius 3 is 2.67 bits per heavy atom. The molecule has 2 aromatic carbocycles. The van der Waals surface area contributed by atoms with Gasteiger partial charge in [-0.3, -0.25) is 9.69 Å². The van der Waals surface area contributed by atoms with Crippen molar-refractivity contribution < 1.29 is 14.3 Å². The number of methoxy groups -OCH3 is 1. The number of rotatable bonds is 6. The summed E-state index contributed by atoms with van der Waals surface area (Å²) in [4.78, 5) is 14.9. The van der Waals surface area contributed by atoms with Crippen LogP contribution >= 0.6 is 39.9 Å². The standard InChI is InChI=1S/C20H16BrNO3S2/c1-3-9-25-17-12-15(21)13(10-16(17)24-2)11-18-19(23)22(20(26)27-18)14-7-5-4-6-8-14/h3-8,10-12H,1,9H2,2H3/b18-11+. The highest BCUT2D eigenvalue weighted by molar-refractivity contribution is 9.10. The molecule has 1 heterocycles. The monoisotopic (exact) mass is 461 g/mol. The van der Waals surface area contributed by atoms with E-state index >= 15 is 0 Å². The summed E-state index contributed by atoms with van der Waals surface area (Å²) in [6.45, 7) is 4.02. The summed E-state index contributed by atoms with van der Waals surface area (Å²) < 4.78 is 12.3. The summed E-state index contributed by atoms with van der Waals surface area (Å²) in [5, 5.41) is 0. The number of hydrogen-bond donors (Lipinski definition) is 0. The van der Waals surface area contributed by atoms with E-state index in [0.717, 1.165) is 15.7 Å². The second-order valence-corrected chi connectivity index (χ2v) is 8.01. The van der Waals surface area contributed by atoms with Crippen molar-refractivity contribution in [3.05, 3.63) is 70.1 Å². The number of nitrogens with zero attached hydrogens (tertiary/aromatic N) is 1. The number of thiocarbonyl (C=S) groups is 1. The minimum atomic E-state index is -0.144. The molecule has 0 saturated carbocycles. The van der Waals surface area contributed by atoms with E-state index in [4.69, 9.17) is 21.7 Å². The second kappa shape index (κ2) is 8.73. The number of carbonyl (C=O) groups is 1. The Kier molecular flexibility index (Phi) is 6.36. The molecule has 27 heavy (non-hydrogen) atoms. The van der Waals surface area contributed by atoms with E-state index in [-0.39, 0.29) is 5.91 Å². The third-order valence-electron chi connectivity index (χ3n) is 3.73. The molecule has 138 valence electrons. The van der Waals surface area contributed by atoms with E-state index in [0.29, 0.717) is 27.3 Å². The summed E-state index contributed by atoms with van der Waals surface area (Å²) in [6, 6.07) is 13.0. The summed E-state index contributed by atoms with van der Waals surface area (Å²) in [7, 11) is 1.57. The Hall–Kier alpha value is -2.09. The van der Waals surface area contributed by atoms with Gasteiger partial charge < -0.3 is 9.47 Å². The Bertz CT molecular complexity index is 928. The molecule has 0 spiro atoms. The molecule has 0 radical (unpaired) electrons. The zero-order chi connectivity index (χ0) is 19.4. The molecule has 1 aliphatic rings. The third-order valence-corrected chi connectivity index (χ3v) is 5.72. The van der Waals surface area contributed by atoms with Gasteiger partial charge in [0.2, 0.25) is 0 Å². The number of thioether (sulfide) groups is 1. The van der Waals surface area contributed by atoms with Gasteiger partial charge in [-0.2, -0.15) is 0 Å². The van der Waals surface area contributed by atoms with Crippen LogP contribution in [0.1, 0.15) is 5.56 Å². The first-order valence-corrected chi connectivity index (χ1v) is 10.0. The van der Waals surface area contributed by atoms with E-state index < -0.39 is 0 Å². The molecule has 0 bridgehead atoms. The van der Waals surface area contributed by atoms with Crippen molar-refractivity contribution in [2.45, 2.75) is 0 Å². The van der Waals surface area contributed by atoms with Gasteiger partial charge in [-0.25, -0.2) is 0 Å². The maximum atomic E-state index is 12.9. The number of ether oxygens (including phenoxy) is 2. The first-order valence-electron chi connectivity index (χ1n) is 7.99. The lowest BCUT2D eigenvalue weighted by molar-refractivity contribution is -0.113. The van der Waals surface area contributed by atoms with Crippen molar-refractivity contribution in [2.75, 3.05) is 18.6 Å². The SMILES string of the molecule is C=CCOc1cc(Br)c(/C=C2/SC(=S)N(c3ccccc3)C2=O)cc1OC. The molecule has 0 aromatic heterocycles. The van der Waals surface area contributed by atoms with Gasteiger partial charge in [-0.15, -0.1) is 0 Å². The Labute approximate surface area is 176 Å². The van der Waals surface area contributed by atoms with Crippen LogP contribution in [0.4, 0.5) is 5.69 Å². The first-order chi connectivity index (χ1) is 13.0. The van der Waals surface area contributed by atoms with Crippen LogP contribution in [0.3, 0.4) is 0 Å². The van der Waals surface area contributed by atoms with Gasteiger partial charge in [0, 0.05) is 4.47 Å². The van der Waals surface area contributed by atoms with Gasteiger partial charge >= 0.3 is 0 Å². The van der Waals surface area contributed by atoms with Crippen molar-refractivity contribution in [2.24, 2.45) is 0 Å². The van der Waals surface area contributed by atoms with E-state index in [1.165, 1.54) is 11.8 Å². The number of hydrogen-bond acceptors (Lipinski definition) is 5. The van der Waals surface area contributed by atoms with Crippen molar-refractivity contribution in [3.63, 3.8) is 0 Å². The Morgan fingerprint density at radius 2 is 2.00 bits per heavy atom. The van der Waals surface area contributed by atoms with Crippen molar-refractivity contribution in [1.82, 2.24) is 0 Å². The van der Waals surface area contributed by atoms with Crippen LogP contribution in [-0.4, -0.2) is 23.9 Å². The summed E-state index contributed by atoms with van der Waals surface area (Å²) in [5.74, 6) is 1.03. The largest absolute Gasteiger partial charge is 0.493 e. The number of para-hydroxylation sites is 1.